The number of nitrogens with two attached hydrogens (primary N) is 1. The van der Waals surface area contributed by atoms with E-state index in [1.807, 2.05) is 6.07 Å². The van der Waals surface area contributed by atoms with Gasteiger partial charge in [-0.25, -0.2) is 0 Å². The minimum atomic E-state index is -0.757. The minimum absolute atomic E-state index is 0.0859. The van der Waals surface area contributed by atoms with E-state index in [1.54, 1.807) is 48.5 Å². The van der Waals surface area contributed by atoms with Crippen molar-refractivity contribution in [2.75, 3.05) is 12.3 Å². The number of benzene rings is 2. The molecule has 0 spiro atoms. The van der Waals surface area contributed by atoms with Gasteiger partial charge in [-0.05, 0) is 29.8 Å². The molecule has 0 amide bonds. The molecule has 2 aromatic rings. The van der Waals surface area contributed by atoms with E-state index >= 15 is 0 Å². The summed E-state index contributed by atoms with van der Waals surface area (Å²) in [6.07, 6.45) is -0.757. The fourth-order valence-electron chi connectivity index (χ4n) is 1.67. The van der Waals surface area contributed by atoms with Crippen LogP contribution in [0.4, 0.5) is 5.69 Å². The zero-order chi connectivity index (χ0) is 13.7. The first-order valence-corrected chi connectivity index (χ1v) is 5.86. The molecule has 3 N–H and O–H groups in total. The van der Waals surface area contributed by atoms with Crippen molar-refractivity contribution in [3.63, 3.8) is 0 Å². The molecule has 4 nitrogen and oxygen atoms in total. The van der Waals surface area contributed by atoms with Gasteiger partial charge in [0.1, 0.15) is 24.5 Å². The molecular weight excluding hydrogens is 240 g/mol. The van der Waals surface area contributed by atoms with Crippen LogP contribution in [0.2, 0.25) is 0 Å². The molecule has 0 heterocycles. The van der Waals surface area contributed by atoms with Crippen molar-refractivity contribution in [2.45, 2.75) is 6.10 Å². The minimum Gasteiger partial charge on any atom is -0.489 e. The Morgan fingerprint density at radius 2 is 1.84 bits per heavy atom. The number of anilines is 1. The summed E-state index contributed by atoms with van der Waals surface area (Å²) >= 11 is 0. The van der Waals surface area contributed by atoms with Crippen LogP contribution in [0, 0.1) is 11.3 Å². The molecule has 2 aromatic carbocycles. The highest BCUT2D eigenvalue weighted by molar-refractivity contribution is 5.43. The van der Waals surface area contributed by atoms with Crippen molar-refractivity contribution < 1.29 is 9.84 Å². The van der Waals surface area contributed by atoms with Crippen LogP contribution in [0.1, 0.15) is 17.2 Å². The number of hydrogen-bond donors (Lipinski definition) is 2. The van der Waals surface area contributed by atoms with Crippen molar-refractivity contribution in [1.29, 1.82) is 5.26 Å². The Labute approximate surface area is 111 Å². The molecule has 2 rings (SSSR count). The van der Waals surface area contributed by atoms with Gasteiger partial charge in [-0.2, -0.15) is 5.26 Å². The van der Waals surface area contributed by atoms with E-state index in [-0.39, 0.29) is 6.61 Å². The van der Waals surface area contributed by atoms with Crippen molar-refractivity contribution in [3.05, 3.63) is 59.7 Å². The predicted octanol–water partition coefficient (Wildman–Crippen LogP) is 2.25. The van der Waals surface area contributed by atoms with Crippen LogP contribution in [-0.2, 0) is 0 Å². The van der Waals surface area contributed by atoms with E-state index < -0.39 is 6.10 Å². The standard InChI is InChI=1S/C15H14N2O2/c16-9-12-3-1-2-4-15(12)19-10-14(18)11-5-7-13(17)8-6-11/h1-8,14,18H,10,17H2. The molecule has 0 aliphatic carbocycles. The Morgan fingerprint density at radius 1 is 1.16 bits per heavy atom. The number of aliphatic hydroxyl groups excluding tert-OH is 1. The smallest absolute Gasteiger partial charge is 0.137 e. The quantitative estimate of drug-likeness (QED) is 0.820. The Hall–Kier alpha value is -2.51. The number of aliphatic hydroxyl groups is 1. The summed E-state index contributed by atoms with van der Waals surface area (Å²) in [5.41, 5.74) is 7.40. The molecule has 0 fully saturated rings. The van der Waals surface area contributed by atoms with E-state index in [2.05, 4.69) is 0 Å². The summed E-state index contributed by atoms with van der Waals surface area (Å²) in [5, 5.41) is 18.9. The molecule has 0 saturated carbocycles. The molecule has 0 aromatic heterocycles. The lowest BCUT2D eigenvalue weighted by atomic mass is 10.1. The van der Waals surface area contributed by atoms with Gasteiger partial charge in [-0.1, -0.05) is 24.3 Å². The lowest BCUT2D eigenvalue weighted by molar-refractivity contribution is 0.108. The van der Waals surface area contributed by atoms with Gasteiger partial charge in [0, 0.05) is 5.69 Å². The van der Waals surface area contributed by atoms with Crippen LogP contribution in [0.25, 0.3) is 0 Å². The van der Waals surface area contributed by atoms with Crippen molar-refractivity contribution in [3.8, 4) is 11.8 Å². The van der Waals surface area contributed by atoms with Crippen LogP contribution < -0.4 is 10.5 Å². The van der Waals surface area contributed by atoms with E-state index in [1.165, 1.54) is 0 Å². The lowest BCUT2D eigenvalue weighted by Crippen LogP contribution is -2.10. The van der Waals surface area contributed by atoms with Gasteiger partial charge in [0.15, 0.2) is 0 Å². The first-order valence-electron chi connectivity index (χ1n) is 5.86. The molecule has 19 heavy (non-hydrogen) atoms. The monoisotopic (exact) mass is 254 g/mol. The normalized spacial score (nSPS) is 11.6. The summed E-state index contributed by atoms with van der Waals surface area (Å²) in [4.78, 5) is 0. The SMILES string of the molecule is N#Cc1ccccc1OCC(O)c1ccc(N)cc1. The highest BCUT2D eigenvalue weighted by Crippen LogP contribution is 2.20. The molecule has 96 valence electrons. The Bertz CT molecular complexity index is 588. The number of para-hydroxylation sites is 1. The molecular formula is C15H14N2O2. The third-order valence-electron chi connectivity index (χ3n) is 2.73. The molecule has 1 unspecified atom stereocenters. The molecule has 0 radical (unpaired) electrons. The average Bonchev–Trinajstić information content (AvgIpc) is 2.45. The van der Waals surface area contributed by atoms with Gasteiger partial charge in [0.05, 0.1) is 5.56 Å². The maximum absolute atomic E-state index is 9.99. The fourth-order valence-corrected chi connectivity index (χ4v) is 1.67. The van der Waals surface area contributed by atoms with Gasteiger partial charge in [-0.15, -0.1) is 0 Å². The third kappa shape index (κ3) is 3.24. The van der Waals surface area contributed by atoms with Gasteiger partial charge in [0.2, 0.25) is 0 Å². The Morgan fingerprint density at radius 3 is 2.53 bits per heavy atom. The topological polar surface area (TPSA) is 79.3 Å². The Kier molecular flexibility index (Phi) is 4.01. The first-order chi connectivity index (χ1) is 9.20. The molecule has 0 bridgehead atoms. The summed E-state index contributed by atoms with van der Waals surface area (Å²) in [5.74, 6) is 0.472. The molecule has 0 aliphatic heterocycles. The third-order valence-corrected chi connectivity index (χ3v) is 2.73. The number of nitrogens with zero attached hydrogens (tertiary/aromatic N) is 1. The first kappa shape index (κ1) is 12.9. The van der Waals surface area contributed by atoms with Crippen LogP contribution in [-0.4, -0.2) is 11.7 Å². The van der Waals surface area contributed by atoms with Crippen molar-refractivity contribution >= 4 is 5.69 Å². The van der Waals surface area contributed by atoms with Crippen LogP contribution in [0.5, 0.6) is 5.75 Å². The van der Waals surface area contributed by atoms with Crippen LogP contribution in [0.3, 0.4) is 0 Å². The van der Waals surface area contributed by atoms with E-state index in [4.69, 9.17) is 15.7 Å². The second kappa shape index (κ2) is 5.89. The maximum atomic E-state index is 9.99. The second-order valence-electron chi connectivity index (χ2n) is 4.10. The summed E-state index contributed by atoms with van der Waals surface area (Å²) in [7, 11) is 0. The van der Waals surface area contributed by atoms with E-state index in [0.717, 1.165) is 5.56 Å². The van der Waals surface area contributed by atoms with E-state index in [9.17, 15) is 5.11 Å². The maximum Gasteiger partial charge on any atom is 0.137 e. The number of ether oxygens (including phenoxy) is 1. The van der Waals surface area contributed by atoms with Gasteiger partial charge in [0.25, 0.3) is 0 Å². The summed E-state index contributed by atoms with van der Waals surface area (Å²) < 4.78 is 5.47. The van der Waals surface area contributed by atoms with Crippen molar-refractivity contribution in [2.24, 2.45) is 0 Å². The van der Waals surface area contributed by atoms with Gasteiger partial charge in [-0.3, -0.25) is 0 Å². The highest BCUT2D eigenvalue weighted by Gasteiger charge is 2.09. The fraction of sp³-hybridized carbons (Fsp3) is 0.133. The van der Waals surface area contributed by atoms with E-state index in [0.29, 0.717) is 17.0 Å². The number of nitrogen functional groups attached to an aromatic ring is 1. The highest BCUT2D eigenvalue weighted by atomic mass is 16.5. The molecule has 4 heteroatoms. The van der Waals surface area contributed by atoms with Gasteiger partial charge >= 0.3 is 0 Å². The van der Waals surface area contributed by atoms with Crippen molar-refractivity contribution in [1.82, 2.24) is 0 Å². The molecule has 0 aliphatic rings. The number of rotatable bonds is 4. The van der Waals surface area contributed by atoms with Gasteiger partial charge < -0.3 is 15.6 Å². The van der Waals surface area contributed by atoms with Crippen LogP contribution in [0.15, 0.2) is 48.5 Å². The summed E-state index contributed by atoms with van der Waals surface area (Å²) in [6, 6.07) is 15.9. The molecule has 0 saturated heterocycles. The second-order valence-corrected chi connectivity index (χ2v) is 4.10. The lowest BCUT2D eigenvalue weighted by Gasteiger charge is -2.13. The average molecular weight is 254 g/mol. The zero-order valence-electron chi connectivity index (χ0n) is 10.3. The largest absolute Gasteiger partial charge is 0.489 e. The summed E-state index contributed by atoms with van der Waals surface area (Å²) in [6.45, 7) is 0.0859. The Balaban J connectivity index is 2.02. The zero-order valence-corrected chi connectivity index (χ0v) is 10.3. The number of nitriles is 1. The number of hydrogen-bond acceptors (Lipinski definition) is 4. The van der Waals surface area contributed by atoms with Crippen LogP contribution >= 0.6 is 0 Å². The molecule has 1 atom stereocenters. The predicted molar refractivity (Wildman–Crippen MR) is 72.5 cm³/mol.